The Morgan fingerprint density at radius 3 is 2.63 bits per heavy atom. The lowest BCUT2D eigenvalue weighted by atomic mass is 10.1. The van der Waals surface area contributed by atoms with Gasteiger partial charge in [0, 0.05) is 23.3 Å². The first-order valence-electron chi connectivity index (χ1n) is 5.32. The number of aromatic nitrogens is 1. The predicted octanol–water partition coefficient (Wildman–Crippen LogP) is 0.293. The summed E-state index contributed by atoms with van der Waals surface area (Å²) in [6.07, 6.45) is 2.64. The van der Waals surface area contributed by atoms with Crippen molar-refractivity contribution in [2.24, 2.45) is 5.73 Å². The first-order valence-corrected chi connectivity index (χ1v) is 6.12. The highest BCUT2D eigenvalue weighted by Crippen LogP contribution is 2.10. The molecule has 0 aliphatic heterocycles. The molecule has 0 fully saturated rings. The molecular formula is C11H12BrN3O4. The van der Waals surface area contributed by atoms with Gasteiger partial charge in [-0.25, -0.2) is 4.79 Å². The highest BCUT2D eigenvalue weighted by atomic mass is 79.9. The zero-order valence-electron chi connectivity index (χ0n) is 9.80. The van der Waals surface area contributed by atoms with Crippen molar-refractivity contribution in [3.05, 3.63) is 28.5 Å². The number of hydrogen-bond acceptors (Lipinski definition) is 4. The molecule has 102 valence electrons. The molecule has 0 saturated heterocycles. The fraction of sp³-hybridized carbons (Fsp3) is 0.273. The summed E-state index contributed by atoms with van der Waals surface area (Å²) in [4.78, 5) is 37.2. The van der Waals surface area contributed by atoms with Crippen molar-refractivity contribution < 1.29 is 19.5 Å². The summed E-state index contributed by atoms with van der Waals surface area (Å²) in [5.74, 6) is -2.42. The number of carboxylic acids is 1. The number of hydrogen-bond donors (Lipinski definition) is 3. The highest BCUT2D eigenvalue weighted by molar-refractivity contribution is 9.10. The molecule has 1 rings (SSSR count). The summed E-state index contributed by atoms with van der Waals surface area (Å²) in [7, 11) is 0. The van der Waals surface area contributed by atoms with Crippen LogP contribution in [-0.4, -0.2) is 33.9 Å². The number of pyridine rings is 1. The average Bonchev–Trinajstić information content (AvgIpc) is 2.33. The van der Waals surface area contributed by atoms with E-state index >= 15 is 0 Å². The van der Waals surface area contributed by atoms with Crippen molar-refractivity contribution >= 4 is 33.7 Å². The second-order valence-corrected chi connectivity index (χ2v) is 4.68. The fourth-order valence-corrected chi connectivity index (χ4v) is 1.69. The number of nitrogens with two attached hydrogens (primary N) is 1. The smallest absolute Gasteiger partial charge is 0.326 e. The minimum atomic E-state index is -1.22. The van der Waals surface area contributed by atoms with Crippen LogP contribution in [0, 0.1) is 0 Å². The molecule has 1 aromatic heterocycles. The van der Waals surface area contributed by atoms with E-state index in [4.69, 9.17) is 10.8 Å². The second kappa shape index (κ2) is 6.83. The number of carbonyl (C=O) groups is 3. The van der Waals surface area contributed by atoms with Crippen LogP contribution in [0.1, 0.15) is 23.2 Å². The maximum absolute atomic E-state index is 11.8. The second-order valence-electron chi connectivity index (χ2n) is 3.76. The molecule has 19 heavy (non-hydrogen) atoms. The van der Waals surface area contributed by atoms with E-state index in [0.29, 0.717) is 4.47 Å². The molecule has 0 aromatic carbocycles. The van der Waals surface area contributed by atoms with Crippen LogP contribution in [0.2, 0.25) is 0 Å². The van der Waals surface area contributed by atoms with Crippen LogP contribution in [0.5, 0.6) is 0 Å². The van der Waals surface area contributed by atoms with Crippen LogP contribution in [0.3, 0.4) is 0 Å². The van der Waals surface area contributed by atoms with Gasteiger partial charge in [-0.3, -0.25) is 14.6 Å². The number of amides is 2. The third-order valence-electron chi connectivity index (χ3n) is 2.25. The molecule has 0 aliphatic rings. The summed E-state index contributed by atoms with van der Waals surface area (Å²) in [5, 5.41) is 11.3. The molecule has 8 heteroatoms. The molecule has 1 aromatic rings. The molecule has 1 unspecified atom stereocenters. The van der Waals surface area contributed by atoms with Gasteiger partial charge in [-0.05, 0) is 28.4 Å². The van der Waals surface area contributed by atoms with Crippen LogP contribution in [0.4, 0.5) is 0 Å². The Morgan fingerprint density at radius 2 is 2.11 bits per heavy atom. The number of carbonyl (C=O) groups excluding carboxylic acids is 2. The largest absolute Gasteiger partial charge is 0.480 e. The number of nitrogens with one attached hydrogen (secondary N) is 1. The van der Waals surface area contributed by atoms with Gasteiger partial charge in [-0.1, -0.05) is 0 Å². The molecule has 0 bridgehead atoms. The molecule has 4 N–H and O–H groups in total. The van der Waals surface area contributed by atoms with E-state index in [1.165, 1.54) is 18.5 Å². The van der Waals surface area contributed by atoms with Crippen LogP contribution >= 0.6 is 15.9 Å². The molecule has 0 radical (unpaired) electrons. The standard InChI is InChI=1S/C11H12BrN3O4/c12-7-3-6(4-14-5-7)10(17)15-8(11(18)19)1-2-9(13)16/h3-5,8H,1-2H2,(H2,13,16)(H,15,17)(H,18,19). The quantitative estimate of drug-likeness (QED) is 0.692. The first-order chi connectivity index (χ1) is 8.90. The van der Waals surface area contributed by atoms with Gasteiger partial charge in [0.15, 0.2) is 0 Å². The minimum absolute atomic E-state index is 0.0577. The Kier molecular flexibility index (Phi) is 5.43. The normalized spacial score (nSPS) is 11.6. The maximum Gasteiger partial charge on any atom is 0.326 e. The zero-order valence-corrected chi connectivity index (χ0v) is 11.4. The van der Waals surface area contributed by atoms with Crippen LogP contribution < -0.4 is 11.1 Å². The lowest BCUT2D eigenvalue weighted by Crippen LogP contribution is -2.41. The van der Waals surface area contributed by atoms with E-state index in [2.05, 4.69) is 26.2 Å². The molecule has 0 saturated carbocycles. The number of halogens is 1. The van der Waals surface area contributed by atoms with E-state index in [9.17, 15) is 14.4 Å². The summed E-state index contributed by atoms with van der Waals surface area (Å²) in [6, 6.07) is 0.342. The summed E-state index contributed by atoms with van der Waals surface area (Å²) in [6.45, 7) is 0. The van der Waals surface area contributed by atoms with Crippen LogP contribution in [0.25, 0.3) is 0 Å². The molecule has 1 atom stereocenters. The number of nitrogens with zero attached hydrogens (tertiary/aromatic N) is 1. The maximum atomic E-state index is 11.8. The van der Waals surface area contributed by atoms with E-state index in [-0.39, 0.29) is 18.4 Å². The van der Waals surface area contributed by atoms with Crippen molar-refractivity contribution in [2.75, 3.05) is 0 Å². The third-order valence-corrected chi connectivity index (χ3v) is 2.68. The highest BCUT2D eigenvalue weighted by Gasteiger charge is 2.21. The Hall–Kier alpha value is -1.96. The van der Waals surface area contributed by atoms with E-state index in [0.717, 1.165) is 0 Å². The number of rotatable bonds is 6. The summed E-state index contributed by atoms with van der Waals surface area (Å²) in [5.41, 5.74) is 5.16. The lowest BCUT2D eigenvalue weighted by molar-refractivity contribution is -0.139. The van der Waals surface area contributed by atoms with Gasteiger partial charge in [0.2, 0.25) is 5.91 Å². The number of carboxylic acid groups (broad SMARTS) is 1. The van der Waals surface area contributed by atoms with Gasteiger partial charge in [0.05, 0.1) is 5.56 Å². The third kappa shape index (κ3) is 5.04. The predicted molar refractivity (Wildman–Crippen MR) is 69.3 cm³/mol. The fourth-order valence-electron chi connectivity index (χ4n) is 1.32. The molecule has 0 aliphatic carbocycles. The SMILES string of the molecule is NC(=O)CCC(NC(=O)c1cncc(Br)c1)C(=O)O. The summed E-state index contributed by atoms with van der Waals surface area (Å²) >= 11 is 3.16. The van der Waals surface area contributed by atoms with Gasteiger partial charge in [0.25, 0.3) is 5.91 Å². The van der Waals surface area contributed by atoms with E-state index in [1.54, 1.807) is 0 Å². The van der Waals surface area contributed by atoms with Crippen LogP contribution in [-0.2, 0) is 9.59 Å². The van der Waals surface area contributed by atoms with Crippen molar-refractivity contribution in [3.8, 4) is 0 Å². The average molecular weight is 330 g/mol. The van der Waals surface area contributed by atoms with Gasteiger partial charge < -0.3 is 16.2 Å². The molecule has 1 heterocycles. The molecule has 7 nitrogen and oxygen atoms in total. The van der Waals surface area contributed by atoms with Crippen molar-refractivity contribution in [1.82, 2.24) is 10.3 Å². The first kappa shape index (κ1) is 15.1. The lowest BCUT2D eigenvalue weighted by Gasteiger charge is -2.13. The van der Waals surface area contributed by atoms with Gasteiger partial charge in [0.1, 0.15) is 6.04 Å². The Morgan fingerprint density at radius 1 is 1.42 bits per heavy atom. The van der Waals surface area contributed by atoms with Crippen molar-refractivity contribution in [2.45, 2.75) is 18.9 Å². The Bertz CT molecular complexity index is 506. The monoisotopic (exact) mass is 329 g/mol. The molecule has 2 amide bonds. The number of aliphatic carboxylic acids is 1. The topological polar surface area (TPSA) is 122 Å². The van der Waals surface area contributed by atoms with Crippen molar-refractivity contribution in [3.63, 3.8) is 0 Å². The number of primary amides is 1. The summed E-state index contributed by atoms with van der Waals surface area (Å²) < 4.78 is 0.601. The van der Waals surface area contributed by atoms with E-state index < -0.39 is 23.8 Å². The molecule has 0 spiro atoms. The van der Waals surface area contributed by atoms with Crippen molar-refractivity contribution in [1.29, 1.82) is 0 Å². The Balaban J connectivity index is 2.71. The van der Waals surface area contributed by atoms with Gasteiger partial charge in [-0.2, -0.15) is 0 Å². The van der Waals surface area contributed by atoms with Gasteiger partial charge >= 0.3 is 5.97 Å². The minimum Gasteiger partial charge on any atom is -0.480 e. The van der Waals surface area contributed by atoms with Crippen LogP contribution in [0.15, 0.2) is 22.9 Å². The zero-order chi connectivity index (χ0) is 14.4. The van der Waals surface area contributed by atoms with E-state index in [1.807, 2.05) is 0 Å². The molecular weight excluding hydrogens is 318 g/mol. The Labute approximate surface area is 117 Å². The van der Waals surface area contributed by atoms with Gasteiger partial charge in [-0.15, -0.1) is 0 Å².